The maximum Gasteiger partial charge on any atom is 0.118 e. The van der Waals surface area contributed by atoms with Crippen molar-refractivity contribution in [1.29, 1.82) is 0 Å². The predicted molar refractivity (Wildman–Crippen MR) is 102 cm³/mol. The zero-order chi connectivity index (χ0) is 16.8. The summed E-state index contributed by atoms with van der Waals surface area (Å²) in [7, 11) is 1.69. The molecule has 0 amide bonds. The summed E-state index contributed by atoms with van der Waals surface area (Å²) in [6, 6.07) is 27.6. The van der Waals surface area contributed by atoms with Crippen LogP contribution in [0.25, 0.3) is 11.1 Å². The molecule has 3 aromatic rings. The van der Waals surface area contributed by atoms with Crippen LogP contribution in [0.5, 0.6) is 5.75 Å². The Morgan fingerprint density at radius 1 is 0.792 bits per heavy atom. The third kappa shape index (κ3) is 3.77. The Morgan fingerprint density at radius 3 is 2.00 bits per heavy atom. The maximum atomic E-state index is 5.24. The molecule has 1 N–H and O–H groups in total. The fraction of sp³-hybridized carbons (Fsp3) is 0.182. The van der Waals surface area contributed by atoms with Gasteiger partial charge in [-0.25, -0.2) is 0 Å². The monoisotopic (exact) mass is 317 g/mol. The highest BCUT2D eigenvalue weighted by Crippen LogP contribution is 2.26. The third-order valence-electron chi connectivity index (χ3n) is 4.26. The number of ether oxygens (including phenoxy) is 1. The summed E-state index contributed by atoms with van der Waals surface area (Å²) in [6.07, 6.45) is 1.02. The molecule has 0 aliphatic rings. The molecule has 0 spiro atoms. The van der Waals surface area contributed by atoms with Gasteiger partial charge in [-0.15, -0.1) is 0 Å². The van der Waals surface area contributed by atoms with Crippen LogP contribution >= 0.6 is 0 Å². The lowest BCUT2D eigenvalue weighted by Gasteiger charge is -2.19. The van der Waals surface area contributed by atoms with Crippen molar-refractivity contribution in [3.8, 4) is 16.9 Å². The molecule has 0 heterocycles. The molecule has 0 radical (unpaired) electrons. The van der Waals surface area contributed by atoms with E-state index < -0.39 is 0 Å². The van der Waals surface area contributed by atoms with Crippen molar-refractivity contribution in [2.45, 2.75) is 19.4 Å². The fourth-order valence-electron chi connectivity index (χ4n) is 2.85. The zero-order valence-electron chi connectivity index (χ0n) is 14.2. The topological polar surface area (TPSA) is 21.3 Å². The van der Waals surface area contributed by atoms with E-state index in [9.17, 15) is 0 Å². The molecule has 0 aliphatic heterocycles. The van der Waals surface area contributed by atoms with E-state index in [0.717, 1.165) is 17.9 Å². The molecule has 0 fully saturated rings. The first-order valence-electron chi connectivity index (χ1n) is 8.36. The number of rotatable bonds is 6. The van der Waals surface area contributed by atoms with Crippen molar-refractivity contribution in [1.82, 2.24) is 0 Å². The van der Waals surface area contributed by atoms with Gasteiger partial charge in [0.15, 0.2) is 0 Å². The number of hydrogen-bond donors (Lipinski definition) is 1. The molecule has 1 unspecified atom stereocenters. The minimum atomic E-state index is 0.290. The lowest BCUT2D eigenvalue weighted by atomic mass is 10.0. The molecule has 0 saturated heterocycles. The van der Waals surface area contributed by atoms with E-state index in [1.807, 2.05) is 18.2 Å². The number of hydrogen-bond acceptors (Lipinski definition) is 2. The van der Waals surface area contributed by atoms with E-state index in [1.165, 1.54) is 16.7 Å². The Bertz CT molecular complexity index is 748. The smallest absolute Gasteiger partial charge is 0.118 e. The van der Waals surface area contributed by atoms with Gasteiger partial charge in [-0.3, -0.25) is 0 Å². The molecular formula is C22H23NO. The summed E-state index contributed by atoms with van der Waals surface area (Å²) in [4.78, 5) is 0. The van der Waals surface area contributed by atoms with Crippen LogP contribution < -0.4 is 10.1 Å². The largest absolute Gasteiger partial charge is 0.497 e. The highest BCUT2D eigenvalue weighted by Gasteiger charge is 2.09. The minimum Gasteiger partial charge on any atom is -0.497 e. The lowest BCUT2D eigenvalue weighted by molar-refractivity contribution is 0.414. The Labute approximate surface area is 144 Å². The molecule has 122 valence electrons. The number of anilines is 1. The van der Waals surface area contributed by atoms with Gasteiger partial charge in [0.2, 0.25) is 0 Å². The molecule has 2 nitrogen and oxygen atoms in total. The second-order valence-electron chi connectivity index (χ2n) is 5.82. The van der Waals surface area contributed by atoms with Crippen LogP contribution in [-0.4, -0.2) is 7.11 Å². The fourth-order valence-corrected chi connectivity index (χ4v) is 2.85. The highest BCUT2D eigenvalue weighted by molar-refractivity contribution is 5.66. The summed E-state index contributed by atoms with van der Waals surface area (Å²) >= 11 is 0. The van der Waals surface area contributed by atoms with Crippen molar-refractivity contribution < 1.29 is 4.74 Å². The van der Waals surface area contributed by atoms with Crippen LogP contribution in [0.4, 0.5) is 5.69 Å². The molecule has 2 heteroatoms. The van der Waals surface area contributed by atoms with E-state index in [4.69, 9.17) is 4.74 Å². The van der Waals surface area contributed by atoms with E-state index in [0.29, 0.717) is 6.04 Å². The van der Waals surface area contributed by atoms with Crippen molar-refractivity contribution in [2.24, 2.45) is 0 Å². The van der Waals surface area contributed by atoms with Crippen molar-refractivity contribution >= 4 is 5.69 Å². The lowest BCUT2D eigenvalue weighted by Crippen LogP contribution is -2.09. The van der Waals surface area contributed by atoms with E-state index >= 15 is 0 Å². The van der Waals surface area contributed by atoms with Gasteiger partial charge in [0.05, 0.1) is 13.2 Å². The van der Waals surface area contributed by atoms with Crippen molar-refractivity contribution in [3.05, 3.63) is 84.4 Å². The minimum absolute atomic E-state index is 0.290. The zero-order valence-corrected chi connectivity index (χ0v) is 14.2. The quantitative estimate of drug-likeness (QED) is 0.609. The average Bonchev–Trinajstić information content (AvgIpc) is 2.67. The van der Waals surface area contributed by atoms with Crippen LogP contribution in [0.3, 0.4) is 0 Å². The van der Waals surface area contributed by atoms with Gasteiger partial charge in [0, 0.05) is 5.69 Å². The Morgan fingerprint density at radius 2 is 1.42 bits per heavy atom. The van der Waals surface area contributed by atoms with Crippen LogP contribution in [0.2, 0.25) is 0 Å². The van der Waals surface area contributed by atoms with E-state index in [-0.39, 0.29) is 0 Å². The van der Waals surface area contributed by atoms with Crippen LogP contribution in [0, 0.1) is 0 Å². The molecule has 0 aliphatic carbocycles. The first-order chi connectivity index (χ1) is 11.8. The van der Waals surface area contributed by atoms with Gasteiger partial charge in [-0.1, -0.05) is 61.5 Å². The number of benzene rings is 3. The summed E-state index contributed by atoms with van der Waals surface area (Å²) < 4.78 is 5.24. The molecular weight excluding hydrogens is 294 g/mol. The number of nitrogens with one attached hydrogen (secondary N) is 1. The van der Waals surface area contributed by atoms with Gasteiger partial charge < -0.3 is 10.1 Å². The molecule has 0 saturated carbocycles. The molecule has 1 atom stereocenters. The Balaban J connectivity index is 1.73. The van der Waals surface area contributed by atoms with Gasteiger partial charge in [-0.05, 0) is 47.4 Å². The second kappa shape index (κ2) is 7.69. The normalized spacial score (nSPS) is 11.8. The first-order valence-corrected chi connectivity index (χ1v) is 8.36. The molecule has 0 bridgehead atoms. The predicted octanol–water partition coefficient (Wildman–Crippen LogP) is 5.93. The SMILES string of the molecule is CCC(Nc1ccc(-c2ccccc2)cc1)c1ccc(OC)cc1. The molecule has 3 rings (SSSR count). The number of methoxy groups -OCH3 is 1. The van der Waals surface area contributed by atoms with Crippen LogP contribution in [0.15, 0.2) is 78.9 Å². The maximum absolute atomic E-state index is 5.24. The van der Waals surface area contributed by atoms with Crippen LogP contribution in [0.1, 0.15) is 24.9 Å². The summed E-state index contributed by atoms with van der Waals surface area (Å²) in [6.45, 7) is 2.19. The Kier molecular flexibility index (Phi) is 5.17. The average molecular weight is 317 g/mol. The third-order valence-corrected chi connectivity index (χ3v) is 4.26. The summed E-state index contributed by atoms with van der Waals surface area (Å²) in [5.41, 5.74) is 4.88. The van der Waals surface area contributed by atoms with E-state index in [2.05, 4.69) is 72.9 Å². The Hall–Kier alpha value is -2.74. The summed E-state index contributed by atoms with van der Waals surface area (Å²) in [5.74, 6) is 0.890. The van der Waals surface area contributed by atoms with Crippen LogP contribution in [-0.2, 0) is 0 Å². The van der Waals surface area contributed by atoms with Gasteiger partial charge in [0.1, 0.15) is 5.75 Å². The van der Waals surface area contributed by atoms with Gasteiger partial charge in [0.25, 0.3) is 0 Å². The summed E-state index contributed by atoms with van der Waals surface area (Å²) in [5, 5.41) is 3.62. The molecule has 24 heavy (non-hydrogen) atoms. The second-order valence-corrected chi connectivity index (χ2v) is 5.82. The van der Waals surface area contributed by atoms with Crippen molar-refractivity contribution in [2.75, 3.05) is 12.4 Å². The molecule has 0 aromatic heterocycles. The highest BCUT2D eigenvalue weighted by atomic mass is 16.5. The van der Waals surface area contributed by atoms with Crippen molar-refractivity contribution in [3.63, 3.8) is 0 Å². The standard InChI is InChI=1S/C22H23NO/c1-3-22(19-11-15-21(24-2)16-12-19)23-20-13-9-18(10-14-20)17-7-5-4-6-8-17/h4-16,22-23H,3H2,1-2H3. The van der Waals surface area contributed by atoms with E-state index in [1.54, 1.807) is 7.11 Å². The van der Waals surface area contributed by atoms with Gasteiger partial charge >= 0.3 is 0 Å². The van der Waals surface area contributed by atoms with Gasteiger partial charge in [-0.2, -0.15) is 0 Å². The molecule has 3 aromatic carbocycles. The first kappa shape index (κ1) is 16.1.